The molecule has 5 saturated heterocycles. The Hall–Kier alpha value is -5.83. The van der Waals surface area contributed by atoms with Gasteiger partial charge in [-0.3, -0.25) is 14.4 Å². The second-order valence-electron chi connectivity index (χ2n) is 21.4. The third kappa shape index (κ3) is 16.5. The molecule has 456 valence electrons. The van der Waals surface area contributed by atoms with Crippen LogP contribution in [0.3, 0.4) is 0 Å². The molecule has 5 aliphatic heterocycles. The first-order valence-corrected chi connectivity index (χ1v) is 27.2. The van der Waals surface area contributed by atoms with E-state index >= 15 is 0 Å². The predicted octanol–water partition coefficient (Wildman–Crippen LogP) is 5.77. The van der Waals surface area contributed by atoms with Gasteiger partial charge in [-0.25, -0.2) is 9.59 Å². The fourth-order valence-electron chi connectivity index (χ4n) is 11.0. The van der Waals surface area contributed by atoms with Crippen LogP contribution in [-0.4, -0.2) is 175 Å². The van der Waals surface area contributed by atoms with Crippen molar-refractivity contribution in [2.45, 2.75) is 188 Å². The zero-order valence-electron chi connectivity index (χ0n) is 48.6. The molecule has 28 nitrogen and oxygen atoms in total. The SMILES string of the molecule is COC(=O)C1O[C@@H](O[C@@H]2C(COC(C)=O)O[C@H](O[C@H]3C(C)C(OC(=O)c4ccccc4)[C@H](O[C@@H]4C(COC(C)=O)O[C@H](OC)C(C)[C@H]4C)O[C@H]3C)C(N=[N+]=[N-])[C@H]2C)C(C)[C@@H](C)[C@@H]1O[C@H]1OC(COC(C)=O)[C@@H](C)[C@H](C)C1N=[N+]=[N-].O=C=O. The van der Waals surface area contributed by atoms with Crippen molar-refractivity contribution in [3.63, 3.8) is 0 Å². The maximum atomic E-state index is 13.9. The Bertz CT molecular complexity index is 2430. The van der Waals surface area contributed by atoms with Crippen LogP contribution in [0.4, 0.5) is 0 Å². The van der Waals surface area contributed by atoms with Gasteiger partial charge in [0.1, 0.15) is 38.1 Å². The fourth-order valence-corrected chi connectivity index (χ4v) is 11.0. The number of benzene rings is 1. The van der Waals surface area contributed by atoms with Gasteiger partial charge in [-0.2, -0.15) is 9.59 Å². The molecular formula is C54H78N6O22. The summed E-state index contributed by atoms with van der Waals surface area (Å²) in [5, 5.41) is 8.16. The fraction of sp³-hybridized carbons (Fsp3) is 0.778. The highest BCUT2D eigenvalue weighted by atomic mass is 16.8. The molecule has 0 spiro atoms. The van der Waals surface area contributed by atoms with E-state index in [0.29, 0.717) is 0 Å². The molecule has 82 heavy (non-hydrogen) atoms. The average Bonchev–Trinajstić information content (AvgIpc) is 3.63. The number of carbonyl (C=O) groups excluding carboxylic acids is 7. The molecular weight excluding hydrogens is 1080 g/mol. The number of methoxy groups -OCH3 is 2. The molecule has 0 aromatic heterocycles. The summed E-state index contributed by atoms with van der Waals surface area (Å²) in [5.41, 5.74) is 19.9. The van der Waals surface area contributed by atoms with Crippen molar-refractivity contribution in [3.8, 4) is 0 Å². The van der Waals surface area contributed by atoms with Gasteiger partial charge in [-0.15, -0.1) is 0 Å². The number of esters is 5. The van der Waals surface area contributed by atoms with Crippen molar-refractivity contribution in [2.75, 3.05) is 34.0 Å². The van der Waals surface area contributed by atoms with Gasteiger partial charge in [-0.05, 0) is 59.7 Å². The quantitative estimate of drug-likeness (QED) is 0.0491. The monoisotopic (exact) mass is 1160 g/mol. The van der Waals surface area contributed by atoms with E-state index in [1.165, 1.54) is 35.0 Å². The molecule has 0 bridgehead atoms. The Kier molecular flexibility index (Phi) is 25.5. The molecule has 28 heteroatoms. The zero-order valence-corrected chi connectivity index (χ0v) is 48.6. The van der Waals surface area contributed by atoms with Crippen molar-refractivity contribution in [2.24, 2.45) is 57.6 Å². The highest BCUT2D eigenvalue weighted by molar-refractivity contribution is 5.89. The van der Waals surface area contributed by atoms with E-state index < -0.39 is 158 Å². The van der Waals surface area contributed by atoms with Crippen molar-refractivity contribution >= 4 is 36.0 Å². The standard InChI is InChI=1S/C53H78N6O20.CO2/c1-23-24(2)39(56-58-54)51(71-36(23)20-67-32(10)60)78-44-26(4)28(6)50(79-46(44)48(64)65-13)76-43-29(7)40(57-59-55)52(73-38(43)22-69-34(12)62)75-41-30(8)45(74-47(63)35-18-16-15-17-19-35)53(70-31(41)9)77-42-25(3)27(5)49(66-14)72-37(42)21-68-33(11)61;2-1-3/h15-19,23-31,36-46,49-53H,20-22H2,1-14H3;/t23-,24-,25+,26+,27?,28?,29+,30?,31-,36?,37?,38?,39?,40?,41-,42-,43-,44-,45?,46?,49-,50+,51+,52+,53-;/m0./s1. The van der Waals surface area contributed by atoms with Crippen LogP contribution >= 0.6 is 0 Å². The van der Waals surface area contributed by atoms with E-state index in [1.807, 2.05) is 41.5 Å². The Labute approximate surface area is 475 Å². The smallest absolute Gasteiger partial charge is 0.373 e. The average molecular weight is 1160 g/mol. The van der Waals surface area contributed by atoms with E-state index in [1.54, 1.807) is 51.1 Å². The van der Waals surface area contributed by atoms with Gasteiger partial charge in [-0.1, -0.05) is 83.8 Å². The summed E-state index contributed by atoms with van der Waals surface area (Å²) in [7, 11) is 2.71. The number of ether oxygens (including phenoxy) is 15. The predicted molar refractivity (Wildman–Crippen MR) is 277 cm³/mol. The number of hydrogen-bond acceptors (Lipinski definition) is 24. The van der Waals surface area contributed by atoms with Gasteiger partial charge >= 0.3 is 36.0 Å². The minimum atomic E-state index is -1.43. The minimum absolute atomic E-state index is 0.0913. The first kappa shape index (κ1) is 67.0. The van der Waals surface area contributed by atoms with Crippen LogP contribution < -0.4 is 0 Å². The van der Waals surface area contributed by atoms with Gasteiger partial charge in [0.25, 0.3) is 0 Å². The van der Waals surface area contributed by atoms with Crippen molar-refractivity contribution in [1.29, 1.82) is 0 Å². The first-order chi connectivity index (χ1) is 39.0. The summed E-state index contributed by atoms with van der Waals surface area (Å²) in [4.78, 5) is 86.3. The summed E-state index contributed by atoms with van der Waals surface area (Å²) >= 11 is 0. The van der Waals surface area contributed by atoms with E-state index in [-0.39, 0.29) is 55.2 Å². The van der Waals surface area contributed by atoms with Crippen LogP contribution in [0, 0.1) is 47.3 Å². The normalized spacial score (nSPS) is 38.9. The molecule has 5 fully saturated rings. The van der Waals surface area contributed by atoms with Gasteiger partial charge in [0.05, 0.1) is 55.3 Å². The topological polar surface area (TPSA) is 355 Å². The highest BCUT2D eigenvalue weighted by Gasteiger charge is 2.56. The second kappa shape index (κ2) is 31.2. The zero-order chi connectivity index (χ0) is 60.7. The van der Waals surface area contributed by atoms with Gasteiger partial charge in [0.15, 0.2) is 43.7 Å². The number of carbonyl (C=O) groups is 5. The van der Waals surface area contributed by atoms with Crippen LogP contribution in [-0.2, 0) is 99.8 Å². The summed E-state index contributed by atoms with van der Waals surface area (Å²) in [6.45, 7) is 19.7. The third-order valence-corrected chi connectivity index (χ3v) is 16.3. The largest absolute Gasteiger partial charge is 0.467 e. The van der Waals surface area contributed by atoms with E-state index in [2.05, 4.69) is 20.1 Å². The Balaban J connectivity index is 0.00000402. The van der Waals surface area contributed by atoms with Crippen LogP contribution in [0.1, 0.15) is 93.4 Å². The lowest BCUT2D eigenvalue weighted by molar-refractivity contribution is -0.361. The maximum absolute atomic E-state index is 13.9. The Morgan fingerprint density at radius 3 is 1.49 bits per heavy atom. The summed E-state index contributed by atoms with van der Waals surface area (Å²) in [6, 6.07) is 6.38. The Morgan fingerprint density at radius 2 is 0.963 bits per heavy atom. The summed E-state index contributed by atoms with van der Waals surface area (Å²) < 4.78 is 92.5. The van der Waals surface area contributed by atoms with Crippen LogP contribution in [0.2, 0.25) is 0 Å². The van der Waals surface area contributed by atoms with Crippen molar-refractivity contribution in [3.05, 3.63) is 56.8 Å². The molecule has 5 aliphatic rings. The first-order valence-electron chi connectivity index (χ1n) is 27.2. The lowest BCUT2D eigenvalue weighted by atomic mass is 9.81. The molecule has 0 amide bonds. The number of nitrogens with zero attached hydrogens (tertiary/aromatic N) is 6. The molecule has 25 atom stereocenters. The third-order valence-electron chi connectivity index (χ3n) is 16.3. The van der Waals surface area contributed by atoms with Crippen LogP contribution in [0.5, 0.6) is 0 Å². The molecule has 0 saturated carbocycles. The molecule has 6 rings (SSSR count). The van der Waals surface area contributed by atoms with Crippen LogP contribution in [0.15, 0.2) is 40.6 Å². The number of rotatable bonds is 20. The molecule has 1 aromatic rings. The van der Waals surface area contributed by atoms with Gasteiger partial charge in [0.2, 0.25) is 0 Å². The van der Waals surface area contributed by atoms with E-state index in [4.69, 9.17) is 80.6 Å². The van der Waals surface area contributed by atoms with Gasteiger partial charge < -0.3 is 71.1 Å². The minimum Gasteiger partial charge on any atom is -0.467 e. The molecule has 0 radical (unpaired) electrons. The van der Waals surface area contributed by atoms with Crippen LogP contribution in [0.25, 0.3) is 20.9 Å². The van der Waals surface area contributed by atoms with Crippen molar-refractivity contribution < 1.29 is 105 Å². The number of hydrogen-bond donors (Lipinski definition) is 0. The molecule has 5 heterocycles. The van der Waals surface area contributed by atoms with Gasteiger partial charge in [0, 0.05) is 55.5 Å². The Morgan fingerprint density at radius 1 is 0.512 bits per heavy atom. The lowest BCUT2D eigenvalue weighted by Crippen LogP contribution is -2.63. The van der Waals surface area contributed by atoms with E-state index in [0.717, 1.165) is 0 Å². The molecule has 0 N–H and O–H groups in total. The molecule has 1 aromatic carbocycles. The molecule has 10 unspecified atom stereocenters. The molecule has 0 aliphatic carbocycles. The summed E-state index contributed by atoms with van der Waals surface area (Å²) in [6.07, 6.45) is -15.1. The summed E-state index contributed by atoms with van der Waals surface area (Å²) in [5.74, 6) is -6.75. The highest BCUT2D eigenvalue weighted by Crippen LogP contribution is 2.44. The maximum Gasteiger partial charge on any atom is 0.373 e. The van der Waals surface area contributed by atoms with E-state index in [9.17, 15) is 35.0 Å². The number of azide groups is 2. The lowest BCUT2D eigenvalue weighted by Gasteiger charge is -2.51. The van der Waals surface area contributed by atoms with Crippen molar-refractivity contribution in [1.82, 2.24) is 0 Å². The second-order valence-corrected chi connectivity index (χ2v) is 21.4.